The van der Waals surface area contributed by atoms with Gasteiger partial charge in [-0.2, -0.15) is 20.1 Å². The monoisotopic (exact) mass is 278 g/mol. The Hall–Kier alpha value is -2.42. The topological polar surface area (TPSA) is 116 Å². The van der Waals surface area contributed by atoms with Crippen molar-refractivity contribution in [3.8, 4) is 6.01 Å². The normalized spacial score (nSPS) is 10.3. The molecule has 0 atom stereocenters. The van der Waals surface area contributed by atoms with Crippen molar-refractivity contribution >= 4 is 11.9 Å². The van der Waals surface area contributed by atoms with Gasteiger partial charge in [-0.05, 0) is 13.0 Å². The maximum absolute atomic E-state index is 5.31. The highest BCUT2D eigenvalue weighted by Crippen LogP contribution is 2.10. The first-order valence-corrected chi connectivity index (χ1v) is 6.29. The van der Waals surface area contributed by atoms with Gasteiger partial charge in [0.15, 0.2) is 0 Å². The molecule has 0 bridgehead atoms. The Kier molecular flexibility index (Phi) is 4.66. The zero-order chi connectivity index (χ0) is 14.4. The van der Waals surface area contributed by atoms with E-state index in [-0.39, 0.29) is 12.0 Å². The molecule has 108 valence electrons. The fourth-order valence-corrected chi connectivity index (χ4v) is 1.64. The van der Waals surface area contributed by atoms with E-state index in [1.165, 1.54) is 0 Å². The van der Waals surface area contributed by atoms with E-state index in [9.17, 15) is 0 Å². The lowest BCUT2D eigenvalue weighted by Gasteiger charge is -2.08. The predicted octanol–water partition coefficient (Wildman–Crippen LogP) is -0.0560. The zero-order valence-electron chi connectivity index (χ0n) is 11.5. The highest BCUT2D eigenvalue weighted by molar-refractivity contribution is 5.34. The maximum atomic E-state index is 5.31. The summed E-state index contributed by atoms with van der Waals surface area (Å²) in [4.78, 5) is 12.2. The zero-order valence-corrected chi connectivity index (χ0v) is 11.5. The van der Waals surface area contributed by atoms with Crippen LogP contribution in [0.1, 0.15) is 12.6 Å². The molecule has 9 heteroatoms. The molecule has 0 aliphatic heterocycles. The Morgan fingerprint density at radius 1 is 1.30 bits per heavy atom. The first-order chi connectivity index (χ1) is 9.72. The minimum atomic E-state index is 0.235. The Morgan fingerprint density at radius 2 is 2.10 bits per heavy atom. The molecule has 0 aliphatic carbocycles. The maximum Gasteiger partial charge on any atom is 0.323 e. The Labute approximate surface area is 116 Å². The summed E-state index contributed by atoms with van der Waals surface area (Å²) in [6.07, 6.45) is 2.57. The van der Waals surface area contributed by atoms with E-state index in [0.29, 0.717) is 19.1 Å². The fourth-order valence-electron chi connectivity index (χ4n) is 1.64. The number of hydrogen-bond donors (Lipinski definition) is 3. The van der Waals surface area contributed by atoms with Crippen LogP contribution in [-0.4, -0.2) is 37.9 Å². The highest BCUT2D eigenvalue weighted by atomic mass is 16.5. The lowest BCUT2D eigenvalue weighted by atomic mass is 10.3. The molecular weight excluding hydrogens is 260 g/mol. The van der Waals surface area contributed by atoms with Crippen molar-refractivity contribution in [2.75, 3.05) is 23.9 Å². The van der Waals surface area contributed by atoms with Crippen LogP contribution in [0.4, 0.5) is 11.9 Å². The molecule has 0 amide bonds. The van der Waals surface area contributed by atoms with Gasteiger partial charge in [0.1, 0.15) is 0 Å². The van der Waals surface area contributed by atoms with Gasteiger partial charge in [-0.25, -0.2) is 5.84 Å². The van der Waals surface area contributed by atoms with Crippen LogP contribution in [0.25, 0.3) is 0 Å². The van der Waals surface area contributed by atoms with Crippen LogP contribution in [0, 0.1) is 0 Å². The van der Waals surface area contributed by atoms with Crippen LogP contribution in [0.15, 0.2) is 12.3 Å². The van der Waals surface area contributed by atoms with Crippen molar-refractivity contribution in [3.05, 3.63) is 18.0 Å². The summed E-state index contributed by atoms with van der Waals surface area (Å²) in [6.45, 7) is 3.00. The van der Waals surface area contributed by atoms with Crippen molar-refractivity contribution < 1.29 is 4.74 Å². The van der Waals surface area contributed by atoms with Gasteiger partial charge in [-0.15, -0.1) is 0 Å². The third-order valence-corrected chi connectivity index (χ3v) is 2.60. The first kappa shape index (κ1) is 14.0. The van der Waals surface area contributed by atoms with Crippen molar-refractivity contribution in [1.29, 1.82) is 0 Å². The number of hydrazine groups is 1. The molecule has 2 rings (SSSR count). The molecule has 2 heterocycles. The molecule has 0 spiro atoms. The SMILES string of the molecule is CCOc1nc(NN)nc(NCCc2ccnn2C)n1. The van der Waals surface area contributed by atoms with Crippen molar-refractivity contribution in [2.24, 2.45) is 12.9 Å². The molecule has 2 aromatic rings. The molecule has 0 fully saturated rings. The van der Waals surface area contributed by atoms with Gasteiger partial charge < -0.3 is 10.1 Å². The number of anilines is 2. The van der Waals surface area contributed by atoms with Crippen LogP contribution < -0.4 is 21.3 Å². The van der Waals surface area contributed by atoms with Gasteiger partial charge in [-0.3, -0.25) is 10.1 Å². The summed E-state index contributed by atoms with van der Waals surface area (Å²) in [5, 5.41) is 7.21. The summed E-state index contributed by atoms with van der Waals surface area (Å²) in [6, 6.07) is 2.20. The van der Waals surface area contributed by atoms with E-state index in [4.69, 9.17) is 10.6 Å². The third kappa shape index (κ3) is 3.54. The van der Waals surface area contributed by atoms with Gasteiger partial charge in [0.05, 0.1) is 6.61 Å². The van der Waals surface area contributed by atoms with Crippen LogP contribution in [0.2, 0.25) is 0 Å². The number of aryl methyl sites for hydroxylation is 1. The van der Waals surface area contributed by atoms with Crippen LogP contribution in [-0.2, 0) is 13.5 Å². The largest absolute Gasteiger partial charge is 0.464 e. The van der Waals surface area contributed by atoms with Crippen molar-refractivity contribution in [3.63, 3.8) is 0 Å². The summed E-state index contributed by atoms with van der Waals surface area (Å²) in [5.41, 5.74) is 3.50. The average Bonchev–Trinajstić information content (AvgIpc) is 2.84. The van der Waals surface area contributed by atoms with E-state index in [0.717, 1.165) is 12.1 Å². The lowest BCUT2D eigenvalue weighted by Crippen LogP contribution is -2.16. The molecule has 0 unspecified atom stereocenters. The number of aromatic nitrogens is 5. The molecule has 0 saturated heterocycles. The number of rotatable bonds is 7. The number of nitrogens with two attached hydrogens (primary N) is 1. The Balaban J connectivity index is 1.97. The highest BCUT2D eigenvalue weighted by Gasteiger charge is 2.06. The number of hydrogen-bond acceptors (Lipinski definition) is 8. The van der Waals surface area contributed by atoms with E-state index in [2.05, 4.69) is 30.8 Å². The first-order valence-electron chi connectivity index (χ1n) is 6.29. The second kappa shape index (κ2) is 6.66. The van der Waals surface area contributed by atoms with E-state index >= 15 is 0 Å². The summed E-state index contributed by atoms with van der Waals surface area (Å²) < 4.78 is 7.08. The van der Waals surface area contributed by atoms with E-state index in [1.54, 1.807) is 6.20 Å². The van der Waals surface area contributed by atoms with Crippen LogP contribution in [0.3, 0.4) is 0 Å². The van der Waals surface area contributed by atoms with E-state index in [1.807, 2.05) is 24.7 Å². The minimum absolute atomic E-state index is 0.235. The molecule has 9 nitrogen and oxygen atoms in total. The molecule has 0 aromatic carbocycles. The number of nitrogen functional groups attached to an aromatic ring is 1. The van der Waals surface area contributed by atoms with Crippen LogP contribution in [0.5, 0.6) is 6.01 Å². The molecule has 2 aromatic heterocycles. The van der Waals surface area contributed by atoms with Gasteiger partial charge >= 0.3 is 6.01 Å². The molecule has 0 radical (unpaired) electrons. The Bertz CT molecular complexity index is 555. The predicted molar refractivity (Wildman–Crippen MR) is 74.2 cm³/mol. The molecule has 4 N–H and O–H groups in total. The average molecular weight is 278 g/mol. The molecule has 0 aliphatic rings. The smallest absolute Gasteiger partial charge is 0.323 e. The summed E-state index contributed by atoms with van der Waals surface area (Å²) in [7, 11) is 1.90. The summed E-state index contributed by atoms with van der Waals surface area (Å²) in [5.74, 6) is 5.98. The number of nitrogens with one attached hydrogen (secondary N) is 2. The van der Waals surface area contributed by atoms with Gasteiger partial charge in [0.2, 0.25) is 11.9 Å². The summed E-state index contributed by atoms with van der Waals surface area (Å²) >= 11 is 0. The molecule has 20 heavy (non-hydrogen) atoms. The molecular formula is C11H18N8O. The quantitative estimate of drug-likeness (QED) is 0.476. The second-order valence-electron chi connectivity index (χ2n) is 3.97. The van der Waals surface area contributed by atoms with Gasteiger partial charge in [0, 0.05) is 31.9 Å². The fraction of sp³-hybridized carbons (Fsp3) is 0.455. The van der Waals surface area contributed by atoms with Crippen molar-refractivity contribution in [2.45, 2.75) is 13.3 Å². The molecule has 0 saturated carbocycles. The minimum Gasteiger partial charge on any atom is -0.464 e. The van der Waals surface area contributed by atoms with Gasteiger partial charge in [-0.1, -0.05) is 0 Å². The number of ether oxygens (including phenoxy) is 1. The van der Waals surface area contributed by atoms with Gasteiger partial charge in [0.25, 0.3) is 0 Å². The standard InChI is InChI=1S/C11H18N8O/c1-3-20-11-16-9(15-10(17-11)18-12)13-6-4-8-5-7-14-19(8)2/h5,7H,3-4,6,12H2,1-2H3,(H2,13,15,16,17,18). The third-order valence-electron chi connectivity index (χ3n) is 2.60. The number of nitrogens with zero attached hydrogens (tertiary/aromatic N) is 5. The Morgan fingerprint density at radius 3 is 2.75 bits per heavy atom. The second-order valence-corrected chi connectivity index (χ2v) is 3.97. The van der Waals surface area contributed by atoms with Crippen LogP contribution >= 0.6 is 0 Å². The lowest BCUT2D eigenvalue weighted by molar-refractivity contribution is 0.312. The van der Waals surface area contributed by atoms with Crippen molar-refractivity contribution in [1.82, 2.24) is 24.7 Å². The van der Waals surface area contributed by atoms with E-state index < -0.39 is 0 Å².